The Bertz CT molecular complexity index is 186. The van der Waals surface area contributed by atoms with Crippen molar-refractivity contribution in [3.63, 3.8) is 0 Å². The molecule has 0 radical (unpaired) electrons. The molecule has 0 heterocycles. The van der Waals surface area contributed by atoms with E-state index in [0.717, 1.165) is 12.8 Å². The summed E-state index contributed by atoms with van der Waals surface area (Å²) in [5.41, 5.74) is 7.39. The normalized spacial score (nSPS) is 12.6. The van der Waals surface area contributed by atoms with E-state index in [0.29, 0.717) is 6.04 Å². The summed E-state index contributed by atoms with van der Waals surface area (Å²) in [6.45, 7) is 8.46. The lowest BCUT2D eigenvalue weighted by molar-refractivity contribution is 0.519. The van der Waals surface area contributed by atoms with Gasteiger partial charge in [-0.3, -0.25) is 0 Å². The van der Waals surface area contributed by atoms with Gasteiger partial charge in [-0.15, -0.1) is 0 Å². The number of rotatable bonds is 13. The Morgan fingerprint density at radius 2 is 1.39 bits per heavy atom. The van der Waals surface area contributed by atoms with E-state index in [1.54, 1.807) is 0 Å². The van der Waals surface area contributed by atoms with Crippen LogP contribution >= 0.6 is 0 Å². The van der Waals surface area contributed by atoms with Crippen LogP contribution in [-0.4, -0.2) is 6.04 Å². The summed E-state index contributed by atoms with van der Waals surface area (Å²) in [5, 5.41) is 0. The van der Waals surface area contributed by atoms with Gasteiger partial charge in [0.2, 0.25) is 0 Å². The van der Waals surface area contributed by atoms with E-state index in [-0.39, 0.29) is 0 Å². The van der Waals surface area contributed by atoms with E-state index in [1.165, 1.54) is 69.8 Å². The minimum atomic E-state index is 0.349. The van der Waals surface area contributed by atoms with Crippen molar-refractivity contribution in [2.75, 3.05) is 0 Å². The molecule has 0 aromatic rings. The van der Waals surface area contributed by atoms with Gasteiger partial charge in [-0.2, -0.15) is 0 Å². The van der Waals surface area contributed by atoms with Gasteiger partial charge in [0.25, 0.3) is 0 Å². The lowest BCUT2D eigenvalue weighted by Crippen LogP contribution is -2.20. The van der Waals surface area contributed by atoms with Crippen LogP contribution in [0.25, 0.3) is 0 Å². The molecule has 1 heteroatoms. The second kappa shape index (κ2) is 13.1. The molecule has 0 rings (SSSR count). The second-order valence-electron chi connectivity index (χ2n) is 5.68. The highest BCUT2D eigenvalue weighted by atomic mass is 14.6. The first-order valence-electron chi connectivity index (χ1n) is 8.12. The highest BCUT2D eigenvalue weighted by molar-refractivity contribution is 4.95. The maximum atomic E-state index is 6.09. The fourth-order valence-corrected chi connectivity index (χ4v) is 2.33. The van der Waals surface area contributed by atoms with Gasteiger partial charge in [0, 0.05) is 6.04 Å². The van der Waals surface area contributed by atoms with Crippen LogP contribution in [0.3, 0.4) is 0 Å². The molecule has 0 amide bonds. The third kappa shape index (κ3) is 12.2. The van der Waals surface area contributed by atoms with E-state index < -0.39 is 0 Å². The van der Waals surface area contributed by atoms with Crippen molar-refractivity contribution in [1.29, 1.82) is 0 Å². The maximum Gasteiger partial charge on any atom is 0.00759 e. The highest BCUT2D eigenvalue weighted by Gasteiger charge is 2.03. The predicted octanol–water partition coefficient (Wildman–Crippen LogP) is 5.59. The maximum absolute atomic E-state index is 6.09. The molecule has 1 atom stereocenters. The van der Waals surface area contributed by atoms with E-state index in [1.807, 2.05) is 0 Å². The van der Waals surface area contributed by atoms with Crippen LogP contribution in [-0.2, 0) is 0 Å². The summed E-state index contributed by atoms with van der Waals surface area (Å²) in [7, 11) is 0. The van der Waals surface area contributed by atoms with Crippen molar-refractivity contribution in [2.45, 2.75) is 96.9 Å². The Kier molecular flexibility index (Phi) is 12.9. The molecular weight excluding hydrogens is 218 g/mol. The Morgan fingerprint density at radius 1 is 0.889 bits per heavy atom. The van der Waals surface area contributed by atoms with Crippen LogP contribution in [0, 0.1) is 0 Å². The van der Waals surface area contributed by atoms with Gasteiger partial charge < -0.3 is 5.73 Å². The van der Waals surface area contributed by atoms with Crippen LogP contribution in [0.4, 0.5) is 0 Å². The zero-order valence-electron chi connectivity index (χ0n) is 12.8. The SMILES string of the molecule is C=C(CC)CC(N)CCCCCCCCCCC. The summed E-state index contributed by atoms with van der Waals surface area (Å²) in [6.07, 6.45) is 15.8. The summed E-state index contributed by atoms with van der Waals surface area (Å²) in [5.74, 6) is 0. The molecule has 0 aliphatic rings. The molecule has 0 spiro atoms. The molecule has 2 N–H and O–H groups in total. The van der Waals surface area contributed by atoms with Crippen molar-refractivity contribution in [1.82, 2.24) is 0 Å². The van der Waals surface area contributed by atoms with Gasteiger partial charge >= 0.3 is 0 Å². The quantitative estimate of drug-likeness (QED) is 0.336. The molecule has 0 aliphatic heterocycles. The summed E-state index contributed by atoms with van der Waals surface area (Å²) in [6, 6.07) is 0.349. The molecule has 0 aromatic heterocycles. The summed E-state index contributed by atoms with van der Waals surface area (Å²) < 4.78 is 0. The smallest absolute Gasteiger partial charge is 0.00759 e. The molecule has 0 bridgehead atoms. The summed E-state index contributed by atoms with van der Waals surface area (Å²) in [4.78, 5) is 0. The predicted molar refractivity (Wildman–Crippen MR) is 83.9 cm³/mol. The van der Waals surface area contributed by atoms with Crippen molar-refractivity contribution in [3.8, 4) is 0 Å². The molecule has 108 valence electrons. The topological polar surface area (TPSA) is 26.0 Å². The third-order valence-electron chi connectivity index (χ3n) is 3.73. The van der Waals surface area contributed by atoms with E-state index in [9.17, 15) is 0 Å². The minimum Gasteiger partial charge on any atom is -0.327 e. The van der Waals surface area contributed by atoms with Crippen molar-refractivity contribution in [2.24, 2.45) is 5.73 Å². The van der Waals surface area contributed by atoms with Crippen LogP contribution in [0.1, 0.15) is 90.9 Å². The molecule has 0 saturated carbocycles. The molecule has 1 nitrogen and oxygen atoms in total. The highest BCUT2D eigenvalue weighted by Crippen LogP contribution is 2.13. The fourth-order valence-electron chi connectivity index (χ4n) is 2.33. The molecular formula is C17H35N. The Hall–Kier alpha value is -0.300. The van der Waals surface area contributed by atoms with Gasteiger partial charge in [0.05, 0.1) is 0 Å². The first-order valence-corrected chi connectivity index (χ1v) is 8.12. The monoisotopic (exact) mass is 253 g/mol. The fraction of sp³-hybridized carbons (Fsp3) is 0.882. The largest absolute Gasteiger partial charge is 0.327 e. The van der Waals surface area contributed by atoms with Crippen molar-refractivity contribution >= 4 is 0 Å². The Balaban J connectivity index is 3.17. The zero-order valence-corrected chi connectivity index (χ0v) is 12.8. The lowest BCUT2D eigenvalue weighted by atomic mass is 10.00. The van der Waals surface area contributed by atoms with E-state index in [4.69, 9.17) is 5.73 Å². The van der Waals surface area contributed by atoms with Gasteiger partial charge in [-0.25, -0.2) is 0 Å². The zero-order chi connectivity index (χ0) is 13.6. The van der Waals surface area contributed by atoms with Gasteiger partial charge in [0.15, 0.2) is 0 Å². The number of unbranched alkanes of at least 4 members (excludes halogenated alkanes) is 8. The average molecular weight is 253 g/mol. The van der Waals surface area contributed by atoms with Crippen LogP contribution in [0.2, 0.25) is 0 Å². The molecule has 0 saturated heterocycles. The molecule has 1 unspecified atom stereocenters. The van der Waals surface area contributed by atoms with Gasteiger partial charge in [-0.05, 0) is 19.3 Å². The number of hydrogen-bond donors (Lipinski definition) is 1. The van der Waals surface area contributed by atoms with E-state index >= 15 is 0 Å². The van der Waals surface area contributed by atoms with Crippen LogP contribution in [0.15, 0.2) is 12.2 Å². The molecule has 0 aromatic carbocycles. The molecule has 0 aliphatic carbocycles. The lowest BCUT2D eigenvalue weighted by Gasteiger charge is -2.12. The standard InChI is InChI=1S/C17H35N/c1-4-6-7-8-9-10-11-12-13-14-17(18)15-16(3)5-2/h17H,3-15,18H2,1-2H3. The van der Waals surface area contributed by atoms with Gasteiger partial charge in [-0.1, -0.05) is 83.8 Å². The van der Waals surface area contributed by atoms with E-state index in [2.05, 4.69) is 20.4 Å². The minimum absolute atomic E-state index is 0.349. The molecule has 0 fully saturated rings. The number of nitrogens with two attached hydrogens (primary N) is 1. The Morgan fingerprint density at radius 3 is 1.89 bits per heavy atom. The first kappa shape index (κ1) is 17.7. The first-order chi connectivity index (χ1) is 8.70. The summed E-state index contributed by atoms with van der Waals surface area (Å²) >= 11 is 0. The van der Waals surface area contributed by atoms with Crippen LogP contribution in [0.5, 0.6) is 0 Å². The second-order valence-corrected chi connectivity index (χ2v) is 5.68. The Labute approximate surface area is 115 Å². The average Bonchev–Trinajstić information content (AvgIpc) is 2.36. The number of hydrogen-bond acceptors (Lipinski definition) is 1. The third-order valence-corrected chi connectivity index (χ3v) is 3.73. The van der Waals surface area contributed by atoms with Crippen LogP contribution < -0.4 is 5.73 Å². The van der Waals surface area contributed by atoms with Crippen molar-refractivity contribution in [3.05, 3.63) is 12.2 Å². The molecule has 18 heavy (non-hydrogen) atoms. The van der Waals surface area contributed by atoms with Gasteiger partial charge in [0.1, 0.15) is 0 Å². The van der Waals surface area contributed by atoms with Crippen molar-refractivity contribution < 1.29 is 0 Å².